The predicted octanol–water partition coefficient (Wildman–Crippen LogP) is 6.11. The largest absolute Gasteiger partial charge is 0.324 e. The minimum atomic E-state index is -0.458. The summed E-state index contributed by atoms with van der Waals surface area (Å²) in [5.41, 5.74) is 3.61. The normalized spacial score (nSPS) is 12.0. The molecule has 0 unspecified atom stereocenters. The molecule has 5 heteroatoms. The summed E-state index contributed by atoms with van der Waals surface area (Å²) in [4.78, 5) is 15.2. The lowest BCUT2D eigenvalue weighted by molar-refractivity contribution is -0.121. The Bertz CT molecular complexity index is 960. The topological polar surface area (TPSA) is 32.3 Å². The highest BCUT2D eigenvalue weighted by Crippen LogP contribution is 2.26. The van der Waals surface area contributed by atoms with Crippen LogP contribution in [0.1, 0.15) is 22.7 Å². The van der Waals surface area contributed by atoms with Gasteiger partial charge in [0.15, 0.2) is 0 Å². The number of halogens is 2. The van der Waals surface area contributed by atoms with Gasteiger partial charge < -0.3 is 5.32 Å². The van der Waals surface area contributed by atoms with Crippen LogP contribution in [-0.4, -0.2) is 17.9 Å². The van der Waals surface area contributed by atoms with Crippen LogP contribution in [0.3, 0.4) is 0 Å². The number of carbonyl (C=O) groups is 1. The number of nitrogens with one attached hydrogen (secondary N) is 1. The van der Waals surface area contributed by atoms with Gasteiger partial charge in [-0.3, -0.25) is 9.69 Å². The van der Waals surface area contributed by atoms with Crippen LogP contribution in [0.15, 0.2) is 72.8 Å². The quantitative estimate of drug-likeness (QED) is 0.529. The Morgan fingerprint density at radius 3 is 2.43 bits per heavy atom. The lowest BCUT2D eigenvalue weighted by atomic mass is 10.0. The SMILES string of the molecule is Cc1ccc(NC(=O)[C@H](c2ccccc2)N(C)Cc2cccc(Cl)c2)cc1Cl. The molecule has 0 saturated heterocycles. The third-order valence-electron chi connectivity index (χ3n) is 4.56. The monoisotopic (exact) mass is 412 g/mol. The van der Waals surface area contributed by atoms with Gasteiger partial charge in [-0.15, -0.1) is 0 Å². The number of hydrogen-bond acceptors (Lipinski definition) is 2. The molecule has 0 spiro atoms. The van der Waals surface area contributed by atoms with Crippen LogP contribution in [-0.2, 0) is 11.3 Å². The number of rotatable bonds is 6. The number of nitrogens with zero attached hydrogens (tertiary/aromatic N) is 1. The molecule has 0 bridgehead atoms. The molecule has 0 aliphatic carbocycles. The van der Waals surface area contributed by atoms with Crippen molar-refractivity contribution in [2.75, 3.05) is 12.4 Å². The Kier molecular flexibility index (Phi) is 6.74. The number of hydrogen-bond donors (Lipinski definition) is 1. The first-order valence-corrected chi connectivity index (χ1v) is 9.76. The van der Waals surface area contributed by atoms with Crippen molar-refractivity contribution < 1.29 is 4.79 Å². The highest BCUT2D eigenvalue weighted by atomic mass is 35.5. The average Bonchev–Trinajstić information content (AvgIpc) is 2.66. The molecule has 3 nitrogen and oxygen atoms in total. The van der Waals surface area contributed by atoms with Gasteiger partial charge in [0.1, 0.15) is 6.04 Å². The van der Waals surface area contributed by atoms with Crippen molar-refractivity contribution in [3.8, 4) is 0 Å². The van der Waals surface area contributed by atoms with Crippen LogP contribution in [0.2, 0.25) is 10.0 Å². The van der Waals surface area contributed by atoms with Crippen LogP contribution in [0.5, 0.6) is 0 Å². The first kappa shape index (κ1) is 20.4. The van der Waals surface area contributed by atoms with E-state index in [2.05, 4.69) is 5.32 Å². The molecule has 0 aromatic heterocycles. The van der Waals surface area contributed by atoms with E-state index in [4.69, 9.17) is 23.2 Å². The van der Waals surface area contributed by atoms with Crippen molar-refractivity contribution in [3.63, 3.8) is 0 Å². The average molecular weight is 413 g/mol. The summed E-state index contributed by atoms with van der Waals surface area (Å²) >= 11 is 12.3. The van der Waals surface area contributed by atoms with Crippen molar-refractivity contribution in [1.29, 1.82) is 0 Å². The third kappa shape index (κ3) is 5.14. The van der Waals surface area contributed by atoms with E-state index < -0.39 is 6.04 Å². The fourth-order valence-corrected chi connectivity index (χ4v) is 3.53. The number of amides is 1. The molecule has 0 radical (unpaired) electrons. The summed E-state index contributed by atoms with van der Waals surface area (Å²) in [6.45, 7) is 2.52. The zero-order valence-corrected chi connectivity index (χ0v) is 17.3. The van der Waals surface area contributed by atoms with E-state index in [0.717, 1.165) is 16.7 Å². The summed E-state index contributed by atoms with van der Waals surface area (Å²) in [6, 6.07) is 22.5. The summed E-state index contributed by atoms with van der Waals surface area (Å²) in [5.74, 6) is -0.115. The smallest absolute Gasteiger partial charge is 0.246 e. The first-order chi connectivity index (χ1) is 13.4. The molecular weight excluding hydrogens is 391 g/mol. The summed E-state index contributed by atoms with van der Waals surface area (Å²) in [5, 5.41) is 4.30. The van der Waals surface area contributed by atoms with Gasteiger partial charge >= 0.3 is 0 Å². The Morgan fingerprint density at radius 1 is 1.00 bits per heavy atom. The van der Waals surface area contributed by atoms with Crippen molar-refractivity contribution in [2.45, 2.75) is 19.5 Å². The van der Waals surface area contributed by atoms with Crippen LogP contribution >= 0.6 is 23.2 Å². The van der Waals surface area contributed by atoms with Gasteiger partial charge in [-0.2, -0.15) is 0 Å². The second-order valence-electron chi connectivity index (χ2n) is 6.81. The van der Waals surface area contributed by atoms with E-state index in [9.17, 15) is 4.79 Å². The van der Waals surface area contributed by atoms with Gasteiger partial charge in [-0.25, -0.2) is 0 Å². The van der Waals surface area contributed by atoms with Crippen LogP contribution in [0.25, 0.3) is 0 Å². The van der Waals surface area contributed by atoms with Crippen LogP contribution < -0.4 is 5.32 Å². The van der Waals surface area contributed by atoms with E-state index in [0.29, 0.717) is 22.3 Å². The van der Waals surface area contributed by atoms with Crippen molar-refractivity contribution in [3.05, 3.63) is 99.5 Å². The third-order valence-corrected chi connectivity index (χ3v) is 5.21. The van der Waals surface area contributed by atoms with Gasteiger partial charge in [0, 0.05) is 22.3 Å². The van der Waals surface area contributed by atoms with E-state index in [-0.39, 0.29) is 5.91 Å². The number of benzene rings is 3. The Morgan fingerprint density at radius 2 is 1.75 bits per heavy atom. The molecule has 0 heterocycles. The molecule has 0 saturated carbocycles. The molecule has 3 rings (SSSR count). The number of carbonyl (C=O) groups excluding carboxylic acids is 1. The van der Waals surface area contributed by atoms with E-state index in [1.807, 2.05) is 85.6 Å². The molecule has 28 heavy (non-hydrogen) atoms. The molecule has 0 aliphatic heterocycles. The number of anilines is 1. The van der Waals surface area contributed by atoms with Gasteiger partial charge in [0.2, 0.25) is 5.91 Å². The second-order valence-corrected chi connectivity index (χ2v) is 7.66. The minimum absolute atomic E-state index is 0.115. The maximum Gasteiger partial charge on any atom is 0.246 e. The first-order valence-electron chi connectivity index (χ1n) is 9.00. The molecule has 3 aromatic rings. The Hall–Kier alpha value is -2.33. The maximum atomic E-state index is 13.2. The predicted molar refractivity (Wildman–Crippen MR) is 117 cm³/mol. The maximum absolute atomic E-state index is 13.2. The van der Waals surface area contributed by atoms with Gasteiger partial charge in [-0.1, -0.05) is 71.7 Å². The summed E-state index contributed by atoms with van der Waals surface area (Å²) in [7, 11) is 1.93. The molecule has 1 atom stereocenters. The highest BCUT2D eigenvalue weighted by molar-refractivity contribution is 6.31. The highest BCUT2D eigenvalue weighted by Gasteiger charge is 2.25. The van der Waals surface area contributed by atoms with Crippen molar-refractivity contribution >= 4 is 34.8 Å². The summed E-state index contributed by atoms with van der Waals surface area (Å²) < 4.78 is 0. The van der Waals surface area contributed by atoms with Crippen molar-refractivity contribution in [2.24, 2.45) is 0 Å². The fraction of sp³-hybridized carbons (Fsp3) is 0.174. The standard InChI is InChI=1S/C23H22Cl2N2O/c1-16-11-12-20(14-21(16)25)26-23(28)22(18-8-4-3-5-9-18)27(2)15-17-7-6-10-19(24)13-17/h3-14,22H,15H2,1-2H3,(H,26,28)/t22-/m0/s1. The van der Waals surface area contributed by atoms with Crippen LogP contribution in [0, 0.1) is 6.92 Å². The zero-order chi connectivity index (χ0) is 20.1. The molecule has 1 N–H and O–H groups in total. The van der Waals surface area contributed by atoms with Gasteiger partial charge in [0.05, 0.1) is 0 Å². The molecule has 144 valence electrons. The van der Waals surface area contributed by atoms with E-state index in [1.165, 1.54) is 0 Å². The Balaban J connectivity index is 1.85. The fourth-order valence-electron chi connectivity index (χ4n) is 3.14. The molecule has 3 aromatic carbocycles. The number of aryl methyl sites for hydroxylation is 1. The Labute approximate surface area is 175 Å². The van der Waals surface area contributed by atoms with Gasteiger partial charge in [0.25, 0.3) is 0 Å². The second kappa shape index (κ2) is 9.24. The van der Waals surface area contributed by atoms with Crippen molar-refractivity contribution in [1.82, 2.24) is 4.90 Å². The van der Waals surface area contributed by atoms with E-state index >= 15 is 0 Å². The molecule has 0 fully saturated rings. The molecule has 0 aliphatic rings. The molecular formula is C23H22Cl2N2O. The van der Waals surface area contributed by atoms with Crippen LogP contribution in [0.4, 0.5) is 5.69 Å². The zero-order valence-electron chi connectivity index (χ0n) is 15.8. The lowest BCUT2D eigenvalue weighted by Crippen LogP contribution is -2.34. The van der Waals surface area contributed by atoms with Gasteiger partial charge in [-0.05, 0) is 54.9 Å². The van der Waals surface area contributed by atoms with E-state index in [1.54, 1.807) is 6.07 Å². The summed E-state index contributed by atoms with van der Waals surface area (Å²) in [6.07, 6.45) is 0. The minimum Gasteiger partial charge on any atom is -0.324 e. The molecule has 1 amide bonds. The number of likely N-dealkylation sites (N-methyl/N-ethyl adjacent to an activating group) is 1. The lowest BCUT2D eigenvalue weighted by Gasteiger charge is -2.28.